The molecule has 22 heavy (non-hydrogen) atoms. The molecule has 0 saturated carbocycles. The van der Waals surface area contributed by atoms with Crippen LogP contribution in [0.4, 0.5) is 5.69 Å². The van der Waals surface area contributed by atoms with Crippen molar-refractivity contribution in [3.05, 3.63) is 57.6 Å². The van der Waals surface area contributed by atoms with Crippen LogP contribution in [0.5, 0.6) is 5.75 Å². The first-order chi connectivity index (χ1) is 10.5. The van der Waals surface area contributed by atoms with Crippen LogP contribution in [0.25, 0.3) is 0 Å². The van der Waals surface area contributed by atoms with Crippen molar-refractivity contribution in [1.82, 2.24) is 5.43 Å². The second kappa shape index (κ2) is 7.38. The van der Waals surface area contributed by atoms with Gasteiger partial charge in [-0.25, -0.2) is 0 Å². The van der Waals surface area contributed by atoms with Crippen molar-refractivity contribution >= 4 is 45.2 Å². The minimum Gasteiger partial charge on any atom is -0.507 e. The maximum absolute atomic E-state index is 9.71. The normalized spacial score (nSPS) is 10.7. The molecule has 0 aliphatic rings. The van der Waals surface area contributed by atoms with Crippen LogP contribution < -0.4 is 10.7 Å². The van der Waals surface area contributed by atoms with Crippen molar-refractivity contribution in [2.24, 2.45) is 5.10 Å². The van der Waals surface area contributed by atoms with Gasteiger partial charge in [0.1, 0.15) is 5.75 Å². The zero-order chi connectivity index (χ0) is 16.1. The average molecular weight is 378 g/mol. The number of aryl methyl sites for hydroxylation is 1. The van der Waals surface area contributed by atoms with E-state index in [1.165, 1.54) is 11.8 Å². The van der Waals surface area contributed by atoms with E-state index in [-0.39, 0.29) is 5.75 Å². The summed E-state index contributed by atoms with van der Waals surface area (Å²) in [6, 6.07) is 11.1. The Morgan fingerprint density at radius 1 is 1.27 bits per heavy atom. The maximum Gasteiger partial charge on any atom is 0.191 e. The molecule has 0 aromatic heterocycles. The third kappa shape index (κ3) is 4.29. The summed E-state index contributed by atoms with van der Waals surface area (Å²) in [5.41, 5.74) is 6.60. The third-order valence-corrected chi connectivity index (χ3v) is 3.90. The molecule has 0 radical (unpaired) electrons. The summed E-state index contributed by atoms with van der Waals surface area (Å²) >= 11 is 8.55. The number of anilines is 1. The Morgan fingerprint density at radius 3 is 2.82 bits per heavy atom. The summed E-state index contributed by atoms with van der Waals surface area (Å²) in [5, 5.41) is 17.2. The van der Waals surface area contributed by atoms with Gasteiger partial charge in [0.05, 0.1) is 6.21 Å². The van der Waals surface area contributed by atoms with Crippen LogP contribution in [0.2, 0.25) is 0 Å². The zero-order valence-corrected chi connectivity index (χ0v) is 14.6. The summed E-state index contributed by atoms with van der Waals surface area (Å²) in [4.78, 5) is 0. The SMILES string of the molecule is Cc1cccc(NC(=S)N/N=C\c2cc(Br)ccc2O)c1C. The number of hydrogen-bond donors (Lipinski definition) is 3. The molecular weight excluding hydrogens is 362 g/mol. The second-order valence-corrected chi connectivity index (χ2v) is 6.10. The molecule has 0 bridgehead atoms. The molecular formula is C16H16BrN3OS. The van der Waals surface area contributed by atoms with Crippen LogP contribution >= 0.6 is 28.1 Å². The Hall–Kier alpha value is -1.92. The third-order valence-electron chi connectivity index (χ3n) is 3.21. The lowest BCUT2D eigenvalue weighted by Crippen LogP contribution is -2.24. The van der Waals surface area contributed by atoms with Crippen LogP contribution in [-0.4, -0.2) is 16.4 Å². The summed E-state index contributed by atoms with van der Waals surface area (Å²) in [6.45, 7) is 4.08. The van der Waals surface area contributed by atoms with E-state index in [2.05, 4.69) is 31.8 Å². The molecule has 0 atom stereocenters. The van der Waals surface area contributed by atoms with Crippen LogP contribution in [-0.2, 0) is 0 Å². The van der Waals surface area contributed by atoms with Gasteiger partial charge in [-0.1, -0.05) is 28.1 Å². The molecule has 0 fully saturated rings. The van der Waals surface area contributed by atoms with Crippen molar-refractivity contribution in [2.75, 3.05) is 5.32 Å². The number of phenolic OH excluding ortho intramolecular Hbond substituents is 1. The highest BCUT2D eigenvalue weighted by Gasteiger charge is 2.02. The number of rotatable bonds is 3. The average Bonchev–Trinajstić information content (AvgIpc) is 2.47. The van der Waals surface area contributed by atoms with Gasteiger partial charge in [0.25, 0.3) is 0 Å². The molecule has 6 heteroatoms. The second-order valence-electron chi connectivity index (χ2n) is 4.77. The fraction of sp³-hybridized carbons (Fsp3) is 0.125. The Bertz CT molecular complexity index is 731. The summed E-state index contributed by atoms with van der Waals surface area (Å²) in [5.74, 6) is 0.155. The Labute approximate surface area is 143 Å². The minimum atomic E-state index is 0.155. The number of hydrogen-bond acceptors (Lipinski definition) is 3. The lowest BCUT2D eigenvalue weighted by atomic mass is 10.1. The van der Waals surface area contributed by atoms with E-state index in [4.69, 9.17) is 12.2 Å². The molecule has 0 spiro atoms. The number of phenols is 1. The van der Waals surface area contributed by atoms with E-state index in [1.807, 2.05) is 32.0 Å². The molecule has 114 valence electrons. The molecule has 0 aliphatic carbocycles. The van der Waals surface area contributed by atoms with Gasteiger partial charge in [0.15, 0.2) is 5.11 Å². The molecule has 0 aliphatic heterocycles. The number of benzene rings is 2. The highest BCUT2D eigenvalue weighted by Crippen LogP contribution is 2.20. The predicted octanol–water partition coefficient (Wildman–Crippen LogP) is 4.09. The topological polar surface area (TPSA) is 56.7 Å². The van der Waals surface area contributed by atoms with Gasteiger partial charge >= 0.3 is 0 Å². The van der Waals surface area contributed by atoms with Crippen LogP contribution in [0.1, 0.15) is 16.7 Å². The molecule has 0 unspecified atom stereocenters. The molecule has 4 nitrogen and oxygen atoms in total. The first-order valence-corrected chi connectivity index (χ1v) is 7.82. The summed E-state index contributed by atoms with van der Waals surface area (Å²) in [6.07, 6.45) is 1.51. The van der Waals surface area contributed by atoms with Gasteiger partial charge in [-0.3, -0.25) is 5.43 Å². The minimum absolute atomic E-state index is 0.155. The largest absolute Gasteiger partial charge is 0.507 e. The Morgan fingerprint density at radius 2 is 2.05 bits per heavy atom. The smallest absolute Gasteiger partial charge is 0.191 e. The predicted molar refractivity (Wildman–Crippen MR) is 98.7 cm³/mol. The molecule has 0 saturated heterocycles. The van der Waals surface area contributed by atoms with Crippen molar-refractivity contribution in [2.45, 2.75) is 13.8 Å². The number of thiocarbonyl (C=S) groups is 1. The number of nitrogens with zero attached hydrogens (tertiary/aromatic N) is 1. The lowest BCUT2D eigenvalue weighted by Gasteiger charge is -2.11. The van der Waals surface area contributed by atoms with E-state index in [9.17, 15) is 5.11 Å². The van der Waals surface area contributed by atoms with Gasteiger partial charge < -0.3 is 10.4 Å². The summed E-state index contributed by atoms with van der Waals surface area (Å²) < 4.78 is 0.864. The van der Waals surface area contributed by atoms with Crippen molar-refractivity contribution in [3.63, 3.8) is 0 Å². The molecule has 2 aromatic rings. The highest BCUT2D eigenvalue weighted by molar-refractivity contribution is 9.10. The maximum atomic E-state index is 9.71. The monoisotopic (exact) mass is 377 g/mol. The van der Waals surface area contributed by atoms with Gasteiger partial charge in [-0.05, 0) is 61.5 Å². The number of hydrazone groups is 1. The van der Waals surface area contributed by atoms with Crippen molar-refractivity contribution in [1.29, 1.82) is 0 Å². The zero-order valence-electron chi connectivity index (χ0n) is 12.2. The molecule has 3 N–H and O–H groups in total. The van der Waals surface area contributed by atoms with E-state index in [1.54, 1.807) is 18.2 Å². The first kappa shape index (κ1) is 16.5. The number of nitrogens with one attached hydrogen (secondary N) is 2. The van der Waals surface area contributed by atoms with E-state index < -0.39 is 0 Å². The molecule has 0 amide bonds. The molecule has 2 rings (SSSR count). The number of halogens is 1. The lowest BCUT2D eigenvalue weighted by molar-refractivity contribution is 0.474. The van der Waals surface area contributed by atoms with Gasteiger partial charge in [0.2, 0.25) is 0 Å². The molecule has 2 aromatic carbocycles. The number of aromatic hydroxyl groups is 1. The van der Waals surface area contributed by atoms with Crippen LogP contribution in [0.15, 0.2) is 46.0 Å². The Kier molecular flexibility index (Phi) is 5.51. The molecule has 0 heterocycles. The quantitative estimate of drug-likeness (QED) is 0.428. The van der Waals surface area contributed by atoms with E-state index in [0.29, 0.717) is 10.7 Å². The van der Waals surface area contributed by atoms with Crippen molar-refractivity contribution in [3.8, 4) is 5.75 Å². The van der Waals surface area contributed by atoms with Crippen LogP contribution in [0.3, 0.4) is 0 Å². The highest BCUT2D eigenvalue weighted by atomic mass is 79.9. The standard InChI is InChI=1S/C16H16BrN3OS/c1-10-4-3-5-14(11(10)2)19-16(22)20-18-9-12-8-13(17)6-7-15(12)21/h3-9,21H,1-2H3,(H2,19,20,22)/b18-9-. The fourth-order valence-electron chi connectivity index (χ4n) is 1.83. The Balaban J connectivity index is 1.99. The van der Waals surface area contributed by atoms with Gasteiger partial charge in [0, 0.05) is 15.7 Å². The first-order valence-electron chi connectivity index (χ1n) is 6.62. The van der Waals surface area contributed by atoms with Gasteiger partial charge in [-0.15, -0.1) is 0 Å². The van der Waals surface area contributed by atoms with E-state index in [0.717, 1.165) is 15.7 Å². The fourth-order valence-corrected chi connectivity index (χ4v) is 2.37. The van der Waals surface area contributed by atoms with Gasteiger partial charge in [-0.2, -0.15) is 5.10 Å². The summed E-state index contributed by atoms with van der Waals surface area (Å²) in [7, 11) is 0. The van der Waals surface area contributed by atoms with E-state index >= 15 is 0 Å². The van der Waals surface area contributed by atoms with Crippen LogP contribution in [0, 0.1) is 13.8 Å². The van der Waals surface area contributed by atoms with Crippen molar-refractivity contribution < 1.29 is 5.11 Å².